The van der Waals surface area contributed by atoms with E-state index in [1.807, 2.05) is 0 Å². The summed E-state index contributed by atoms with van der Waals surface area (Å²) in [5.41, 5.74) is 16.6. The highest BCUT2D eigenvalue weighted by Crippen LogP contribution is 2.42. The summed E-state index contributed by atoms with van der Waals surface area (Å²) in [4.78, 5) is 66.2. The normalized spacial score (nSPS) is 20.8. The molecule has 46 heavy (non-hydrogen) atoms. The number of thioether (sulfide) groups is 2. The van der Waals surface area contributed by atoms with E-state index in [1.54, 1.807) is 17.7 Å². The van der Waals surface area contributed by atoms with E-state index in [0.717, 1.165) is 16.2 Å². The highest BCUT2D eigenvalue weighted by molar-refractivity contribution is 8.01. The van der Waals surface area contributed by atoms with Crippen molar-refractivity contribution in [1.82, 2.24) is 29.8 Å². The van der Waals surface area contributed by atoms with Crippen LogP contribution < -0.4 is 27.1 Å². The number of nitrogens with one attached hydrogen (secondary N) is 1. The van der Waals surface area contributed by atoms with Gasteiger partial charge in [0, 0.05) is 40.9 Å². The second kappa shape index (κ2) is 11.9. The Balaban J connectivity index is 1.21. The largest absolute Gasteiger partial charge is 0.478 e. The molecule has 9 N–H and O–H groups in total. The lowest BCUT2D eigenvalue weighted by molar-refractivity contribution is -0.631. The molecule has 1 unspecified atom stereocenters. The zero-order valence-corrected chi connectivity index (χ0v) is 26.5. The molecule has 2 aliphatic heterocycles. The number of oxime groups is 1. The lowest BCUT2D eigenvalue weighted by Gasteiger charge is -2.49. The van der Waals surface area contributed by atoms with Gasteiger partial charge in [-0.25, -0.2) is 19.1 Å². The maximum absolute atomic E-state index is 13.5. The summed E-state index contributed by atoms with van der Waals surface area (Å²) in [5, 5.41) is 31.9. The van der Waals surface area contributed by atoms with Crippen LogP contribution in [0, 0.1) is 0 Å². The fourth-order valence-electron chi connectivity index (χ4n) is 5.37. The van der Waals surface area contributed by atoms with E-state index in [2.05, 4.69) is 25.5 Å². The Morgan fingerprint density at radius 1 is 1.24 bits per heavy atom. The minimum atomic E-state index is -1.58. The number of aliphatic carboxylic acids is 2. The first-order valence-corrected chi connectivity index (χ1v) is 16.7. The quantitative estimate of drug-likeness (QED) is 0.0387. The van der Waals surface area contributed by atoms with E-state index >= 15 is 0 Å². The zero-order valence-electron chi connectivity index (χ0n) is 24.1. The number of nitrogens with zero attached hydrogens (tertiary/aromatic N) is 7. The molecule has 0 spiro atoms. The number of rotatable bonds is 10. The summed E-state index contributed by atoms with van der Waals surface area (Å²) in [7, 11) is 1.72. The topological polar surface area (TPSA) is 271 Å². The smallest absolute Gasteiger partial charge is 0.376 e. The lowest BCUT2D eigenvalue weighted by Crippen LogP contribution is -2.71. The first-order valence-electron chi connectivity index (χ1n) is 13.8. The summed E-state index contributed by atoms with van der Waals surface area (Å²) in [6, 6.07) is 0.512. The molecule has 6 rings (SSSR count). The number of thiazole rings is 1. The van der Waals surface area contributed by atoms with E-state index in [4.69, 9.17) is 22.0 Å². The van der Waals surface area contributed by atoms with Crippen LogP contribution in [0.2, 0.25) is 0 Å². The maximum Gasteiger partial charge on any atom is 0.376 e. The minimum Gasteiger partial charge on any atom is -0.478 e. The van der Waals surface area contributed by atoms with Crippen LogP contribution in [0.4, 0.5) is 16.9 Å². The van der Waals surface area contributed by atoms with E-state index < -0.39 is 40.8 Å². The third-order valence-corrected chi connectivity index (χ3v) is 10.8. The number of carboxylic acid groups (broad SMARTS) is 2. The van der Waals surface area contributed by atoms with Crippen molar-refractivity contribution in [2.75, 3.05) is 28.7 Å². The Labute approximate surface area is 272 Å². The van der Waals surface area contributed by atoms with Crippen LogP contribution in [0.25, 0.3) is 5.65 Å². The molecule has 2 atom stereocenters. The standard InChI is InChI=1S/C25H27N11O7S3/c1-34-13-6-12(26)30-24(36(13)32-22(34)27)46-8-10-7-44-19-15(18(38)35(19)16(10)20(39)40)31-17(37)14(11-9-45-23(28)29-11)33-43-25(21(41)42)4-2-3-5-25/h6,9,15,19,26H,2-5,7-8H2,1H3,(H7,27,28,29,31,32,37,39,40,41,42)/p+1/b33-14-/t15?,19-/m0/s1. The fraction of sp³-hybridized carbons (Fsp3) is 0.400. The predicted octanol–water partition coefficient (Wildman–Crippen LogP) is -0.594. The molecule has 1 saturated heterocycles. The van der Waals surface area contributed by atoms with Crippen molar-refractivity contribution in [1.29, 1.82) is 0 Å². The van der Waals surface area contributed by atoms with Gasteiger partial charge >= 0.3 is 17.9 Å². The molecule has 18 nitrogen and oxygen atoms in total. The number of hydrogen-bond donors (Lipinski definition) is 6. The predicted molar refractivity (Wildman–Crippen MR) is 166 cm³/mol. The van der Waals surface area contributed by atoms with Crippen LogP contribution in [-0.4, -0.2) is 92.7 Å². The second-order valence-electron chi connectivity index (χ2n) is 10.7. The van der Waals surface area contributed by atoms with E-state index in [1.165, 1.54) is 33.4 Å². The van der Waals surface area contributed by atoms with Crippen molar-refractivity contribution in [2.24, 2.45) is 12.2 Å². The lowest BCUT2D eigenvalue weighted by atomic mass is 10.0. The van der Waals surface area contributed by atoms with Crippen LogP contribution in [0.1, 0.15) is 31.4 Å². The highest BCUT2D eigenvalue weighted by Gasteiger charge is 2.54. The Hall–Kier alpha value is -4.63. The van der Waals surface area contributed by atoms with Crippen LogP contribution in [-0.2, 0) is 31.1 Å². The Kier molecular flexibility index (Phi) is 8.14. The number of hydrogen-bond acceptors (Lipinski definition) is 15. The number of anilines is 3. The summed E-state index contributed by atoms with van der Waals surface area (Å²) in [5.74, 6) is -3.15. The molecule has 0 aromatic carbocycles. The van der Waals surface area contributed by atoms with Crippen LogP contribution in [0.15, 0.2) is 33.0 Å². The number of carbonyl (C=O) groups is 4. The third kappa shape index (κ3) is 5.42. The molecule has 2 fully saturated rings. The molecule has 0 bridgehead atoms. The summed E-state index contributed by atoms with van der Waals surface area (Å²) < 4.78 is 3.13. The van der Waals surface area contributed by atoms with Gasteiger partial charge in [0.15, 0.2) is 10.8 Å². The molecule has 0 radical (unpaired) electrons. The van der Waals surface area contributed by atoms with Crippen LogP contribution >= 0.6 is 34.9 Å². The average molecular weight is 691 g/mol. The summed E-state index contributed by atoms with van der Waals surface area (Å²) >= 11 is 3.50. The molecule has 1 saturated carbocycles. The SMILES string of the molecule is C[n+]1c(N)nn2c(SCC3=C(C(=O)O)N4C(=O)C(NC(=O)/C(=N\OC5(C(=O)O)CCCC5)c5csc(N)n5)[C@@H]4SC3)nc(N)cc21. The van der Waals surface area contributed by atoms with Gasteiger partial charge in [0.05, 0.1) is 7.05 Å². The fourth-order valence-corrected chi connectivity index (χ4v) is 8.37. The van der Waals surface area contributed by atoms with Crippen molar-refractivity contribution in [3.8, 4) is 0 Å². The Morgan fingerprint density at radius 3 is 2.63 bits per heavy atom. The summed E-state index contributed by atoms with van der Waals surface area (Å²) in [6.45, 7) is 0. The van der Waals surface area contributed by atoms with Gasteiger partial charge in [-0.05, 0) is 18.4 Å². The average Bonchev–Trinajstić information content (AvgIpc) is 3.74. The number of aromatic nitrogens is 5. The van der Waals surface area contributed by atoms with Crippen molar-refractivity contribution < 1.29 is 38.8 Å². The molecule has 242 valence electrons. The molecular weight excluding hydrogens is 663 g/mol. The van der Waals surface area contributed by atoms with Gasteiger partial charge in [0.2, 0.25) is 16.4 Å². The third-order valence-electron chi connectivity index (χ3n) is 7.79. The number of β-lactam (4-membered cyclic amide) rings is 1. The van der Waals surface area contributed by atoms with Gasteiger partial charge in [-0.1, -0.05) is 21.4 Å². The number of nitrogens with two attached hydrogens (primary N) is 3. The molecule has 1 aliphatic carbocycles. The van der Waals surface area contributed by atoms with Gasteiger partial charge in [-0.2, -0.15) is 4.98 Å². The number of nitrogen functional groups attached to an aromatic ring is 3. The second-order valence-corrected chi connectivity index (χ2v) is 13.6. The van der Waals surface area contributed by atoms with Crippen molar-refractivity contribution in [3.63, 3.8) is 0 Å². The van der Waals surface area contributed by atoms with Crippen molar-refractivity contribution in [3.05, 3.63) is 28.4 Å². The minimum absolute atomic E-state index is 0.0423. The van der Waals surface area contributed by atoms with E-state index in [-0.39, 0.29) is 58.3 Å². The monoisotopic (exact) mass is 690 g/mol. The van der Waals surface area contributed by atoms with Crippen molar-refractivity contribution >= 4 is 86.9 Å². The zero-order chi connectivity index (χ0) is 32.9. The number of carbonyl (C=O) groups excluding carboxylic acids is 2. The highest BCUT2D eigenvalue weighted by atomic mass is 32.2. The summed E-state index contributed by atoms with van der Waals surface area (Å²) in [6.07, 6.45) is 1.67. The van der Waals surface area contributed by atoms with Crippen LogP contribution in [0.3, 0.4) is 0 Å². The number of amides is 2. The first-order chi connectivity index (χ1) is 21.9. The first kappa shape index (κ1) is 31.4. The Bertz CT molecular complexity index is 1850. The molecular formula is C25H28N11O7S3+. The van der Waals surface area contributed by atoms with Gasteiger partial charge in [0.25, 0.3) is 11.8 Å². The number of carboxylic acids is 2. The van der Waals surface area contributed by atoms with E-state index in [9.17, 15) is 29.4 Å². The van der Waals surface area contributed by atoms with Gasteiger partial charge < -0.3 is 37.6 Å². The van der Waals surface area contributed by atoms with Gasteiger partial charge in [-0.15, -0.1) is 23.1 Å². The molecule has 3 aromatic heterocycles. The Morgan fingerprint density at radius 2 is 1.98 bits per heavy atom. The maximum atomic E-state index is 13.5. The number of aryl methyl sites for hydroxylation is 1. The molecule has 3 aliphatic rings. The molecule has 21 heteroatoms. The molecule has 3 aromatic rings. The van der Waals surface area contributed by atoms with Gasteiger partial charge in [-0.3, -0.25) is 14.5 Å². The van der Waals surface area contributed by atoms with Crippen LogP contribution in [0.5, 0.6) is 0 Å². The molecule has 2 amide bonds. The number of fused-ring (bicyclic) bond motifs is 2. The van der Waals surface area contributed by atoms with Gasteiger partial charge in [0.1, 0.15) is 28.6 Å². The molecule has 5 heterocycles. The van der Waals surface area contributed by atoms with Crippen molar-refractivity contribution in [2.45, 2.75) is 47.9 Å². The van der Waals surface area contributed by atoms with E-state index in [0.29, 0.717) is 29.2 Å².